The summed E-state index contributed by atoms with van der Waals surface area (Å²) >= 11 is 3.19. The van der Waals surface area contributed by atoms with E-state index in [1.165, 1.54) is 0 Å². The molecule has 0 saturated carbocycles. The zero-order valence-corrected chi connectivity index (χ0v) is 15.0. The summed E-state index contributed by atoms with van der Waals surface area (Å²) in [4.78, 5) is 23.5. The predicted octanol–water partition coefficient (Wildman–Crippen LogP) is 4.39. The summed E-state index contributed by atoms with van der Waals surface area (Å²) in [5, 5.41) is 0.541. The third-order valence-electron chi connectivity index (χ3n) is 3.15. The molecule has 0 N–H and O–H groups in total. The molecular formula is C16H29BrO4. The number of carbonyl (C=O) groups is 2. The number of hydrogen-bond donors (Lipinski definition) is 0. The summed E-state index contributed by atoms with van der Waals surface area (Å²) in [6, 6.07) is 0. The molecule has 0 aliphatic carbocycles. The van der Waals surface area contributed by atoms with Crippen molar-refractivity contribution in [2.24, 2.45) is 0 Å². The first-order valence-corrected chi connectivity index (χ1v) is 9.19. The highest BCUT2D eigenvalue weighted by atomic mass is 79.9. The van der Waals surface area contributed by atoms with Crippen LogP contribution in [0.4, 0.5) is 0 Å². The van der Waals surface area contributed by atoms with Crippen LogP contribution in [0.25, 0.3) is 0 Å². The van der Waals surface area contributed by atoms with Crippen molar-refractivity contribution in [1.29, 1.82) is 0 Å². The fourth-order valence-electron chi connectivity index (χ4n) is 1.89. The second-order valence-corrected chi connectivity index (χ2v) is 5.93. The van der Waals surface area contributed by atoms with Gasteiger partial charge in [-0.25, -0.2) is 4.79 Å². The number of unbranched alkanes of at least 4 members (excludes halogenated alkanes) is 5. The van der Waals surface area contributed by atoms with Gasteiger partial charge in [-0.1, -0.05) is 61.9 Å². The molecule has 0 radical (unpaired) electrons. The number of alkyl halides is 1. The summed E-state index contributed by atoms with van der Waals surface area (Å²) in [6.45, 7) is 4.65. The lowest BCUT2D eigenvalue weighted by atomic mass is 10.1. The fourth-order valence-corrected chi connectivity index (χ4v) is 2.22. The second-order valence-electron chi connectivity index (χ2n) is 5.14. The molecule has 21 heavy (non-hydrogen) atoms. The summed E-state index contributed by atoms with van der Waals surface area (Å²) in [5.74, 6) is -0.748. The van der Waals surface area contributed by atoms with Crippen LogP contribution < -0.4 is 0 Å². The van der Waals surface area contributed by atoms with Crippen LogP contribution in [-0.4, -0.2) is 30.0 Å². The van der Waals surface area contributed by atoms with Gasteiger partial charge in [0.25, 0.3) is 0 Å². The fraction of sp³-hybridized carbons (Fsp3) is 0.875. The normalized spacial score (nSPS) is 12.0. The van der Waals surface area contributed by atoms with Crippen molar-refractivity contribution < 1.29 is 19.1 Å². The van der Waals surface area contributed by atoms with Crippen LogP contribution in [-0.2, 0) is 19.1 Å². The smallest absolute Gasteiger partial charge is 0.347 e. The quantitative estimate of drug-likeness (QED) is 0.276. The zero-order chi connectivity index (χ0) is 15.9. The molecule has 0 aromatic rings. The molecule has 0 fully saturated rings. The van der Waals surface area contributed by atoms with E-state index >= 15 is 0 Å². The molecule has 0 aliphatic rings. The molecule has 0 aromatic carbocycles. The van der Waals surface area contributed by atoms with E-state index in [9.17, 15) is 9.59 Å². The molecule has 4 nitrogen and oxygen atoms in total. The minimum absolute atomic E-state index is 0.272. The molecule has 0 rings (SSSR count). The number of hydrogen-bond acceptors (Lipinski definition) is 4. The van der Waals surface area contributed by atoms with Crippen molar-refractivity contribution in [3.05, 3.63) is 0 Å². The molecule has 0 spiro atoms. The average molecular weight is 365 g/mol. The van der Waals surface area contributed by atoms with Gasteiger partial charge in [-0.05, 0) is 19.3 Å². The highest BCUT2D eigenvalue weighted by Crippen LogP contribution is 2.11. The van der Waals surface area contributed by atoms with E-state index in [4.69, 9.17) is 9.47 Å². The Labute approximate surface area is 137 Å². The molecular weight excluding hydrogens is 336 g/mol. The zero-order valence-electron chi connectivity index (χ0n) is 13.4. The number of halogens is 1. The SMILES string of the molecule is CCCCCCOC(=O)C(CCCCC)OC(=O)CCBr. The van der Waals surface area contributed by atoms with Crippen LogP contribution in [0, 0.1) is 0 Å². The predicted molar refractivity (Wildman–Crippen MR) is 87.5 cm³/mol. The lowest BCUT2D eigenvalue weighted by molar-refractivity contribution is -0.168. The van der Waals surface area contributed by atoms with E-state index in [1.807, 2.05) is 0 Å². The lowest BCUT2D eigenvalue weighted by Gasteiger charge is -2.16. The highest BCUT2D eigenvalue weighted by Gasteiger charge is 2.23. The summed E-state index contributed by atoms with van der Waals surface area (Å²) in [7, 11) is 0. The summed E-state index contributed by atoms with van der Waals surface area (Å²) in [5.41, 5.74) is 0. The maximum absolute atomic E-state index is 12.0. The van der Waals surface area contributed by atoms with Gasteiger partial charge in [-0.2, -0.15) is 0 Å². The van der Waals surface area contributed by atoms with E-state index in [-0.39, 0.29) is 12.4 Å². The number of ether oxygens (including phenoxy) is 2. The van der Waals surface area contributed by atoms with Gasteiger partial charge >= 0.3 is 11.9 Å². The molecule has 1 unspecified atom stereocenters. The van der Waals surface area contributed by atoms with Crippen molar-refractivity contribution in [3.8, 4) is 0 Å². The van der Waals surface area contributed by atoms with Crippen LogP contribution >= 0.6 is 15.9 Å². The van der Waals surface area contributed by atoms with E-state index in [1.54, 1.807) is 0 Å². The Kier molecular flexibility index (Phi) is 14.0. The monoisotopic (exact) mass is 364 g/mol. The topological polar surface area (TPSA) is 52.6 Å². The second kappa shape index (κ2) is 14.4. The Bertz CT molecular complexity index is 281. The molecule has 0 saturated heterocycles. The average Bonchev–Trinajstić information content (AvgIpc) is 2.46. The number of carbonyl (C=O) groups excluding carboxylic acids is 2. The molecule has 0 aliphatic heterocycles. The van der Waals surface area contributed by atoms with Crippen molar-refractivity contribution in [1.82, 2.24) is 0 Å². The number of rotatable bonds is 13. The molecule has 5 heteroatoms. The van der Waals surface area contributed by atoms with E-state index in [2.05, 4.69) is 29.8 Å². The van der Waals surface area contributed by atoms with Gasteiger partial charge in [0.05, 0.1) is 13.0 Å². The minimum Gasteiger partial charge on any atom is -0.463 e. The van der Waals surface area contributed by atoms with Crippen LogP contribution in [0.1, 0.15) is 71.6 Å². The van der Waals surface area contributed by atoms with Crippen LogP contribution in [0.5, 0.6) is 0 Å². The maximum atomic E-state index is 12.0. The van der Waals surface area contributed by atoms with E-state index in [0.29, 0.717) is 18.4 Å². The van der Waals surface area contributed by atoms with Crippen molar-refractivity contribution in [3.63, 3.8) is 0 Å². The first kappa shape index (κ1) is 20.4. The van der Waals surface area contributed by atoms with E-state index in [0.717, 1.165) is 44.9 Å². The standard InChI is InChI=1S/C16H29BrO4/c1-3-5-7-9-13-20-16(19)14(10-8-6-4-2)21-15(18)11-12-17/h14H,3-13H2,1-2H3. The summed E-state index contributed by atoms with van der Waals surface area (Å²) in [6.07, 6.45) is 7.27. The third-order valence-corrected chi connectivity index (χ3v) is 3.54. The van der Waals surface area contributed by atoms with Gasteiger partial charge in [-0.3, -0.25) is 4.79 Å². The first-order chi connectivity index (χ1) is 10.2. The van der Waals surface area contributed by atoms with Gasteiger partial charge in [0.15, 0.2) is 6.10 Å². The Morgan fingerprint density at radius 1 is 1.00 bits per heavy atom. The minimum atomic E-state index is -0.741. The van der Waals surface area contributed by atoms with Crippen molar-refractivity contribution >= 4 is 27.9 Å². The maximum Gasteiger partial charge on any atom is 0.347 e. The van der Waals surface area contributed by atoms with E-state index < -0.39 is 12.1 Å². The Hall–Kier alpha value is -0.580. The molecule has 0 aromatic heterocycles. The van der Waals surface area contributed by atoms with Gasteiger partial charge in [-0.15, -0.1) is 0 Å². The lowest BCUT2D eigenvalue weighted by Crippen LogP contribution is -2.29. The highest BCUT2D eigenvalue weighted by molar-refractivity contribution is 9.09. The van der Waals surface area contributed by atoms with Gasteiger partial charge < -0.3 is 9.47 Å². The molecule has 0 bridgehead atoms. The summed E-state index contributed by atoms with van der Waals surface area (Å²) < 4.78 is 10.5. The Morgan fingerprint density at radius 2 is 1.67 bits per heavy atom. The van der Waals surface area contributed by atoms with Crippen LogP contribution in [0.3, 0.4) is 0 Å². The first-order valence-electron chi connectivity index (χ1n) is 8.07. The molecule has 0 heterocycles. The van der Waals surface area contributed by atoms with Crippen LogP contribution in [0.15, 0.2) is 0 Å². The van der Waals surface area contributed by atoms with Crippen LogP contribution in [0.2, 0.25) is 0 Å². The van der Waals surface area contributed by atoms with Gasteiger partial charge in [0.1, 0.15) is 0 Å². The van der Waals surface area contributed by atoms with Gasteiger partial charge in [0, 0.05) is 5.33 Å². The van der Waals surface area contributed by atoms with Crippen molar-refractivity contribution in [2.75, 3.05) is 11.9 Å². The van der Waals surface area contributed by atoms with Gasteiger partial charge in [0.2, 0.25) is 0 Å². The van der Waals surface area contributed by atoms with Crippen molar-refractivity contribution in [2.45, 2.75) is 77.7 Å². The Morgan fingerprint density at radius 3 is 2.29 bits per heavy atom. The largest absolute Gasteiger partial charge is 0.463 e. The number of esters is 2. The molecule has 1 atom stereocenters. The third kappa shape index (κ3) is 11.7. The Balaban J connectivity index is 4.14. The molecule has 124 valence electrons. The molecule has 0 amide bonds.